The van der Waals surface area contributed by atoms with E-state index in [1.807, 2.05) is 37.5 Å². The van der Waals surface area contributed by atoms with Crippen LogP contribution in [-0.4, -0.2) is 23.6 Å². The molecule has 0 atom stereocenters. The molecule has 0 radical (unpaired) electrons. The minimum Gasteiger partial charge on any atom is -0.370 e. The molecule has 1 amide bonds. The second kappa shape index (κ2) is 6.44. The van der Waals surface area contributed by atoms with E-state index in [2.05, 4.69) is 10.2 Å². The fraction of sp³-hybridized carbons (Fsp3) is 0.353. The van der Waals surface area contributed by atoms with Crippen LogP contribution < -0.4 is 10.2 Å². The largest absolute Gasteiger partial charge is 0.370 e. The molecule has 0 spiro atoms. The van der Waals surface area contributed by atoms with Gasteiger partial charge in [0.2, 0.25) is 0 Å². The molecule has 5 heteroatoms. The summed E-state index contributed by atoms with van der Waals surface area (Å²) in [6.07, 6.45) is 5.56. The number of nitrogens with one attached hydrogen (secondary N) is 1. The lowest BCUT2D eigenvalue weighted by atomic mass is 10.1. The highest BCUT2D eigenvalue weighted by molar-refractivity contribution is 6.33. The number of carbonyl (C=O) groups excluding carboxylic acids is 1. The molecule has 4 nitrogen and oxygen atoms in total. The predicted molar refractivity (Wildman–Crippen MR) is 90.9 cm³/mol. The van der Waals surface area contributed by atoms with E-state index in [0.29, 0.717) is 10.7 Å². The van der Waals surface area contributed by atoms with Crippen LogP contribution in [0.4, 0.5) is 11.4 Å². The van der Waals surface area contributed by atoms with Crippen LogP contribution in [0.25, 0.3) is 0 Å². The Labute approximate surface area is 135 Å². The average Bonchev–Trinajstić information content (AvgIpc) is 2.94. The molecule has 116 valence electrons. The van der Waals surface area contributed by atoms with E-state index in [0.717, 1.165) is 24.5 Å². The molecule has 1 aromatic carbocycles. The van der Waals surface area contributed by atoms with Gasteiger partial charge in [-0.3, -0.25) is 4.79 Å². The third-order valence-corrected chi connectivity index (χ3v) is 4.38. The molecule has 1 aliphatic heterocycles. The normalized spacial score (nSPS) is 14.9. The lowest BCUT2D eigenvalue weighted by Crippen LogP contribution is -2.29. The third kappa shape index (κ3) is 3.12. The third-order valence-electron chi connectivity index (χ3n) is 4.08. The van der Waals surface area contributed by atoms with Crippen molar-refractivity contribution in [1.82, 2.24) is 4.57 Å². The van der Waals surface area contributed by atoms with Gasteiger partial charge in [-0.25, -0.2) is 0 Å². The van der Waals surface area contributed by atoms with E-state index in [1.54, 1.807) is 10.6 Å². The molecule has 3 rings (SSSR count). The maximum atomic E-state index is 12.2. The van der Waals surface area contributed by atoms with Crippen molar-refractivity contribution in [2.45, 2.75) is 19.3 Å². The number of rotatable bonds is 3. The number of aromatic nitrogens is 1. The van der Waals surface area contributed by atoms with Crippen LogP contribution in [0.3, 0.4) is 0 Å². The van der Waals surface area contributed by atoms with E-state index in [-0.39, 0.29) is 5.91 Å². The van der Waals surface area contributed by atoms with Gasteiger partial charge in [-0.1, -0.05) is 11.6 Å². The lowest BCUT2D eigenvalue weighted by Gasteiger charge is -2.29. The smallest absolute Gasteiger partial charge is 0.272 e. The minimum absolute atomic E-state index is 0.130. The predicted octanol–water partition coefficient (Wildman–Crippen LogP) is 3.92. The molecular formula is C17H20ClN3O. The Morgan fingerprint density at radius 2 is 1.95 bits per heavy atom. The molecule has 0 aliphatic carbocycles. The number of aryl methyl sites for hydroxylation is 1. The first-order valence-electron chi connectivity index (χ1n) is 7.62. The Morgan fingerprint density at radius 3 is 2.59 bits per heavy atom. The highest BCUT2D eigenvalue weighted by Crippen LogP contribution is 2.30. The number of hydrogen-bond donors (Lipinski definition) is 1. The van der Waals surface area contributed by atoms with Crippen molar-refractivity contribution in [3.8, 4) is 0 Å². The first kappa shape index (κ1) is 15.0. The van der Waals surface area contributed by atoms with Crippen LogP contribution in [0.15, 0.2) is 36.5 Å². The summed E-state index contributed by atoms with van der Waals surface area (Å²) in [6, 6.07) is 9.37. The number of benzene rings is 1. The summed E-state index contributed by atoms with van der Waals surface area (Å²) in [5.74, 6) is -0.130. The fourth-order valence-corrected chi connectivity index (χ4v) is 3.17. The number of halogens is 1. The first-order valence-corrected chi connectivity index (χ1v) is 8.00. The standard InChI is InChI=1S/C17H20ClN3O/c1-20-9-5-6-16(20)17(22)19-13-7-8-15(14(18)12-13)21-10-3-2-4-11-21/h5-9,12H,2-4,10-11H2,1H3,(H,19,22). The zero-order chi connectivity index (χ0) is 15.5. The highest BCUT2D eigenvalue weighted by atomic mass is 35.5. The molecule has 2 aromatic rings. The van der Waals surface area contributed by atoms with Crippen LogP contribution in [-0.2, 0) is 7.05 Å². The molecule has 0 unspecified atom stereocenters. The summed E-state index contributed by atoms with van der Waals surface area (Å²) in [7, 11) is 1.85. The van der Waals surface area contributed by atoms with E-state index in [1.165, 1.54) is 19.3 Å². The Morgan fingerprint density at radius 1 is 1.18 bits per heavy atom. The van der Waals surface area contributed by atoms with Gasteiger partial charge in [0.25, 0.3) is 5.91 Å². The molecule has 0 bridgehead atoms. The van der Waals surface area contributed by atoms with E-state index in [4.69, 9.17) is 11.6 Å². The highest BCUT2D eigenvalue weighted by Gasteiger charge is 2.15. The van der Waals surface area contributed by atoms with Crippen molar-refractivity contribution in [3.63, 3.8) is 0 Å². The van der Waals surface area contributed by atoms with Crippen molar-refractivity contribution in [2.75, 3.05) is 23.3 Å². The van der Waals surface area contributed by atoms with Crippen LogP contribution in [0, 0.1) is 0 Å². The summed E-state index contributed by atoms with van der Waals surface area (Å²) in [4.78, 5) is 14.5. The number of anilines is 2. The summed E-state index contributed by atoms with van der Waals surface area (Å²) in [6.45, 7) is 2.10. The van der Waals surface area contributed by atoms with Gasteiger partial charge in [0.15, 0.2) is 0 Å². The lowest BCUT2D eigenvalue weighted by molar-refractivity contribution is 0.101. The van der Waals surface area contributed by atoms with Crippen LogP contribution in [0.1, 0.15) is 29.8 Å². The van der Waals surface area contributed by atoms with Gasteiger partial charge in [-0.05, 0) is 49.6 Å². The topological polar surface area (TPSA) is 37.3 Å². The fourth-order valence-electron chi connectivity index (χ4n) is 2.87. The van der Waals surface area contributed by atoms with Gasteiger partial charge in [-0.2, -0.15) is 0 Å². The SMILES string of the molecule is Cn1cccc1C(=O)Nc1ccc(N2CCCCC2)c(Cl)c1. The molecule has 1 fully saturated rings. The number of amides is 1. The van der Waals surface area contributed by atoms with Gasteiger partial charge in [0, 0.05) is 32.0 Å². The molecule has 1 aromatic heterocycles. The van der Waals surface area contributed by atoms with Crippen LogP contribution in [0.2, 0.25) is 5.02 Å². The molecule has 22 heavy (non-hydrogen) atoms. The number of piperidine rings is 1. The van der Waals surface area contributed by atoms with Gasteiger partial charge >= 0.3 is 0 Å². The summed E-state index contributed by atoms with van der Waals surface area (Å²) < 4.78 is 1.79. The molecule has 2 heterocycles. The van der Waals surface area contributed by atoms with Crippen molar-refractivity contribution in [3.05, 3.63) is 47.2 Å². The Kier molecular flexibility index (Phi) is 4.39. The second-order valence-electron chi connectivity index (χ2n) is 5.67. The minimum atomic E-state index is -0.130. The summed E-state index contributed by atoms with van der Waals surface area (Å²) in [5, 5.41) is 3.58. The maximum absolute atomic E-state index is 12.2. The molecule has 1 saturated heterocycles. The Hall–Kier alpha value is -1.94. The van der Waals surface area contributed by atoms with Crippen molar-refractivity contribution in [2.24, 2.45) is 7.05 Å². The first-order chi connectivity index (χ1) is 10.6. The number of nitrogens with zero attached hydrogens (tertiary/aromatic N) is 2. The quantitative estimate of drug-likeness (QED) is 0.931. The second-order valence-corrected chi connectivity index (χ2v) is 6.08. The maximum Gasteiger partial charge on any atom is 0.272 e. The monoisotopic (exact) mass is 317 g/mol. The molecule has 0 saturated carbocycles. The zero-order valence-corrected chi connectivity index (χ0v) is 13.4. The summed E-state index contributed by atoms with van der Waals surface area (Å²) in [5.41, 5.74) is 2.39. The Bertz CT molecular complexity index is 674. The number of carbonyl (C=O) groups is 1. The molecule has 1 N–H and O–H groups in total. The van der Waals surface area contributed by atoms with E-state index in [9.17, 15) is 4.79 Å². The molecule has 1 aliphatic rings. The van der Waals surface area contributed by atoms with Crippen molar-refractivity contribution >= 4 is 28.9 Å². The van der Waals surface area contributed by atoms with Gasteiger partial charge < -0.3 is 14.8 Å². The van der Waals surface area contributed by atoms with Crippen molar-refractivity contribution in [1.29, 1.82) is 0 Å². The average molecular weight is 318 g/mol. The van der Waals surface area contributed by atoms with Gasteiger partial charge in [0.05, 0.1) is 10.7 Å². The van der Waals surface area contributed by atoms with E-state index < -0.39 is 0 Å². The van der Waals surface area contributed by atoms with Gasteiger partial charge in [-0.15, -0.1) is 0 Å². The summed E-state index contributed by atoms with van der Waals surface area (Å²) >= 11 is 6.40. The zero-order valence-electron chi connectivity index (χ0n) is 12.7. The Balaban J connectivity index is 1.74. The van der Waals surface area contributed by atoms with Crippen LogP contribution in [0.5, 0.6) is 0 Å². The van der Waals surface area contributed by atoms with Crippen LogP contribution >= 0.6 is 11.6 Å². The van der Waals surface area contributed by atoms with E-state index >= 15 is 0 Å². The van der Waals surface area contributed by atoms with Gasteiger partial charge in [0.1, 0.15) is 5.69 Å². The van der Waals surface area contributed by atoms with Crippen molar-refractivity contribution < 1.29 is 4.79 Å². The number of hydrogen-bond acceptors (Lipinski definition) is 2. The molecular weight excluding hydrogens is 298 g/mol.